The van der Waals surface area contributed by atoms with Gasteiger partial charge >= 0.3 is 0 Å². The minimum absolute atomic E-state index is 0.0311. The lowest BCUT2D eigenvalue weighted by molar-refractivity contribution is -0.121. The number of rotatable bonds is 8. The number of aryl methyl sites for hydroxylation is 1. The van der Waals surface area contributed by atoms with Gasteiger partial charge in [0.05, 0.1) is 17.7 Å². The number of hydrogen-bond acceptors (Lipinski definition) is 5. The lowest BCUT2D eigenvalue weighted by atomic mass is 9.91. The zero-order chi connectivity index (χ0) is 25.2. The molecule has 0 atom stereocenters. The van der Waals surface area contributed by atoms with Crippen molar-refractivity contribution in [3.05, 3.63) is 41.6 Å². The second-order valence-corrected chi connectivity index (χ2v) is 9.91. The zero-order valence-corrected chi connectivity index (χ0v) is 20.7. The van der Waals surface area contributed by atoms with Crippen LogP contribution in [0.3, 0.4) is 0 Å². The molecule has 0 radical (unpaired) electrons. The SMILES string of the molecule is CCC(=O)NC1CCC(NC(=O)c2c(C)[nH]c3c(-c4cc(F)ccc4OCC4CC4)ncnc23)CC1. The molecule has 0 aliphatic heterocycles. The van der Waals surface area contributed by atoms with Crippen LogP contribution in [0.5, 0.6) is 5.75 Å². The Balaban J connectivity index is 1.37. The summed E-state index contributed by atoms with van der Waals surface area (Å²) in [6.07, 6.45) is 7.44. The smallest absolute Gasteiger partial charge is 0.255 e. The number of fused-ring (bicyclic) bond motifs is 1. The van der Waals surface area contributed by atoms with Gasteiger partial charge in [0, 0.05) is 29.8 Å². The van der Waals surface area contributed by atoms with Crippen LogP contribution in [-0.4, -0.2) is 45.5 Å². The second kappa shape index (κ2) is 10.2. The normalized spacial score (nSPS) is 19.8. The summed E-state index contributed by atoms with van der Waals surface area (Å²) in [5.41, 5.74) is 3.24. The van der Waals surface area contributed by atoms with Crippen molar-refractivity contribution >= 4 is 22.8 Å². The van der Waals surface area contributed by atoms with Gasteiger partial charge in [0.1, 0.15) is 29.1 Å². The lowest BCUT2D eigenvalue weighted by Crippen LogP contribution is -2.43. The van der Waals surface area contributed by atoms with E-state index >= 15 is 0 Å². The van der Waals surface area contributed by atoms with Crippen LogP contribution < -0.4 is 15.4 Å². The van der Waals surface area contributed by atoms with Gasteiger partial charge in [0.15, 0.2) is 0 Å². The van der Waals surface area contributed by atoms with Crippen LogP contribution in [-0.2, 0) is 4.79 Å². The molecule has 8 nitrogen and oxygen atoms in total. The molecule has 1 aromatic carbocycles. The minimum Gasteiger partial charge on any atom is -0.493 e. The van der Waals surface area contributed by atoms with Crippen LogP contribution in [0, 0.1) is 18.7 Å². The quantitative estimate of drug-likeness (QED) is 0.430. The maximum atomic E-state index is 14.2. The number of amides is 2. The molecular formula is C27H32FN5O3. The number of benzene rings is 1. The Morgan fingerprint density at radius 3 is 2.50 bits per heavy atom. The summed E-state index contributed by atoms with van der Waals surface area (Å²) >= 11 is 0. The number of H-pyrrole nitrogens is 1. The minimum atomic E-state index is -0.387. The summed E-state index contributed by atoms with van der Waals surface area (Å²) in [6.45, 7) is 4.26. The highest BCUT2D eigenvalue weighted by atomic mass is 19.1. The summed E-state index contributed by atoms with van der Waals surface area (Å²) in [4.78, 5) is 37.1. The first-order valence-electron chi connectivity index (χ1n) is 12.8. The third-order valence-corrected chi connectivity index (χ3v) is 7.12. The van der Waals surface area contributed by atoms with Gasteiger partial charge < -0.3 is 20.4 Å². The van der Waals surface area contributed by atoms with E-state index in [-0.39, 0.29) is 29.7 Å². The molecule has 0 bridgehead atoms. The fourth-order valence-electron chi connectivity index (χ4n) is 4.88. The lowest BCUT2D eigenvalue weighted by Gasteiger charge is -2.29. The van der Waals surface area contributed by atoms with Crippen molar-refractivity contribution in [3.63, 3.8) is 0 Å². The number of halogens is 1. The molecule has 190 valence electrons. The molecule has 0 unspecified atom stereocenters. The van der Waals surface area contributed by atoms with Crippen molar-refractivity contribution in [2.45, 2.75) is 70.9 Å². The standard InChI is InChI=1S/C27H32FN5O3/c1-3-22(34)32-18-7-9-19(10-8-18)33-27(35)23-15(2)31-26-24(29-14-30-25(23)26)20-12-17(28)6-11-21(20)36-13-16-4-5-16/h6,11-12,14,16,18-19,31H,3-5,7-10,13H2,1-2H3,(H,32,34)(H,33,35). The Bertz CT molecular complexity index is 1280. The Morgan fingerprint density at radius 1 is 1.08 bits per heavy atom. The molecule has 3 aromatic rings. The van der Waals surface area contributed by atoms with Crippen molar-refractivity contribution in [2.75, 3.05) is 6.61 Å². The second-order valence-electron chi connectivity index (χ2n) is 9.91. The van der Waals surface area contributed by atoms with E-state index in [9.17, 15) is 14.0 Å². The number of nitrogens with one attached hydrogen (secondary N) is 3. The number of hydrogen-bond donors (Lipinski definition) is 3. The number of carbonyl (C=O) groups excluding carboxylic acids is 2. The predicted molar refractivity (Wildman–Crippen MR) is 134 cm³/mol. The molecule has 2 heterocycles. The van der Waals surface area contributed by atoms with Gasteiger partial charge in [-0.3, -0.25) is 9.59 Å². The van der Waals surface area contributed by atoms with Gasteiger partial charge in [-0.1, -0.05) is 6.92 Å². The molecule has 9 heteroatoms. The van der Waals surface area contributed by atoms with Crippen molar-refractivity contribution in [3.8, 4) is 17.0 Å². The summed E-state index contributed by atoms with van der Waals surface area (Å²) in [6, 6.07) is 4.62. The fraction of sp³-hybridized carbons (Fsp3) is 0.481. The van der Waals surface area contributed by atoms with Gasteiger partial charge in [-0.25, -0.2) is 14.4 Å². The summed E-state index contributed by atoms with van der Waals surface area (Å²) < 4.78 is 20.2. The van der Waals surface area contributed by atoms with Crippen LogP contribution >= 0.6 is 0 Å². The van der Waals surface area contributed by atoms with E-state index in [0.29, 0.717) is 58.2 Å². The van der Waals surface area contributed by atoms with Crippen LogP contribution in [0.4, 0.5) is 4.39 Å². The number of aromatic amines is 1. The molecular weight excluding hydrogens is 461 g/mol. The van der Waals surface area contributed by atoms with Gasteiger partial charge in [0.2, 0.25) is 5.91 Å². The first-order chi connectivity index (χ1) is 17.4. The molecule has 2 amide bonds. The topological polar surface area (TPSA) is 109 Å². The summed E-state index contributed by atoms with van der Waals surface area (Å²) in [7, 11) is 0. The maximum Gasteiger partial charge on any atom is 0.255 e. The van der Waals surface area contributed by atoms with Crippen LogP contribution in [0.25, 0.3) is 22.3 Å². The van der Waals surface area contributed by atoms with E-state index < -0.39 is 0 Å². The highest BCUT2D eigenvalue weighted by Crippen LogP contribution is 2.37. The first-order valence-corrected chi connectivity index (χ1v) is 12.8. The Labute approximate surface area is 209 Å². The third-order valence-electron chi connectivity index (χ3n) is 7.12. The Morgan fingerprint density at radius 2 is 1.81 bits per heavy atom. The predicted octanol–water partition coefficient (Wildman–Crippen LogP) is 4.43. The average Bonchev–Trinajstić information content (AvgIpc) is 3.63. The largest absolute Gasteiger partial charge is 0.493 e. The molecule has 5 rings (SSSR count). The average molecular weight is 494 g/mol. The van der Waals surface area contributed by atoms with Crippen molar-refractivity contribution in [1.29, 1.82) is 0 Å². The van der Waals surface area contributed by atoms with Gasteiger partial charge in [-0.05, 0) is 69.6 Å². The number of ether oxygens (including phenoxy) is 1. The molecule has 3 N–H and O–H groups in total. The van der Waals surface area contributed by atoms with Gasteiger partial charge in [0.25, 0.3) is 5.91 Å². The first kappa shape index (κ1) is 24.2. The zero-order valence-electron chi connectivity index (χ0n) is 20.7. The molecule has 2 aliphatic carbocycles. The molecule has 36 heavy (non-hydrogen) atoms. The molecule has 2 aliphatic rings. The highest BCUT2D eigenvalue weighted by Gasteiger charge is 2.27. The monoisotopic (exact) mass is 493 g/mol. The molecule has 2 aromatic heterocycles. The Kier molecular flexibility index (Phi) is 6.89. The van der Waals surface area contributed by atoms with E-state index in [2.05, 4.69) is 25.6 Å². The van der Waals surface area contributed by atoms with E-state index in [1.165, 1.54) is 18.5 Å². The number of carbonyl (C=O) groups is 2. The Hall–Kier alpha value is -3.49. The van der Waals surface area contributed by atoms with Crippen molar-refractivity contribution < 1.29 is 18.7 Å². The van der Waals surface area contributed by atoms with Crippen molar-refractivity contribution in [1.82, 2.24) is 25.6 Å². The van der Waals surface area contributed by atoms with E-state index in [1.807, 2.05) is 13.8 Å². The molecule has 2 fully saturated rings. The maximum absolute atomic E-state index is 14.2. The highest BCUT2D eigenvalue weighted by molar-refractivity contribution is 6.09. The van der Waals surface area contributed by atoms with E-state index in [0.717, 1.165) is 38.5 Å². The summed E-state index contributed by atoms with van der Waals surface area (Å²) in [5, 5.41) is 6.19. The molecule has 0 saturated heterocycles. The summed E-state index contributed by atoms with van der Waals surface area (Å²) in [5.74, 6) is 0.589. The van der Waals surface area contributed by atoms with Crippen LogP contribution in [0.1, 0.15) is 67.9 Å². The fourth-order valence-corrected chi connectivity index (χ4v) is 4.88. The molecule has 2 saturated carbocycles. The number of aromatic nitrogens is 3. The van der Waals surface area contributed by atoms with Crippen molar-refractivity contribution in [2.24, 2.45) is 5.92 Å². The number of nitrogens with zero attached hydrogens (tertiary/aromatic N) is 2. The van der Waals surface area contributed by atoms with Gasteiger partial charge in [-0.15, -0.1) is 0 Å². The van der Waals surface area contributed by atoms with Crippen LogP contribution in [0.2, 0.25) is 0 Å². The van der Waals surface area contributed by atoms with E-state index in [1.54, 1.807) is 6.07 Å². The molecule has 0 spiro atoms. The van der Waals surface area contributed by atoms with Gasteiger partial charge in [-0.2, -0.15) is 0 Å². The third kappa shape index (κ3) is 5.20. The van der Waals surface area contributed by atoms with E-state index in [4.69, 9.17) is 4.74 Å². The van der Waals surface area contributed by atoms with Crippen LogP contribution in [0.15, 0.2) is 24.5 Å².